The number of benzene rings is 1. The van der Waals surface area contributed by atoms with Gasteiger partial charge < -0.3 is 15.2 Å². The van der Waals surface area contributed by atoms with E-state index < -0.39 is 0 Å². The summed E-state index contributed by atoms with van der Waals surface area (Å²) < 4.78 is 5.17. The first-order chi connectivity index (χ1) is 12.2. The number of rotatable bonds is 5. The number of amides is 1. The van der Waals surface area contributed by atoms with E-state index in [1.807, 2.05) is 24.3 Å². The molecule has 1 aliphatic carbocycles. The summed E-state index contributed by atoms with van der Waals surface area (Å²) in [4.78, 5) is 12.8. The maximum atomic E-state index is 12.8. The van der Waals surface area contributed by atoms with E-state index >= 15 is 0 Å². The van der Waals surface area contributed by atoms with Crippen LogP contribution in [-0.4, -0.2) is 41.0 Å². The Bertz CT molecular complexity index is 696. The lowest BCUT2D eigenvalue weighted by Gasteiger charge is -2.24. The molecule has 1 amide bonds. The molecular formula is C19H25N3O3. The van der Waals surface area contributed by atoms with Gasteiger partial charge in [0.15, 0.2) is 0 Å². The Labute approximate surface area is 147 Å². The summed E-state index contributed by atoms with van der Waals surface area (Å²) >= 11 is 0. The third-order valence-electron chi connectivity index (χ3n) is 4.97. The molecule has 0 aliphatic heterocycles. The van der Waals surface area contributed by atoms with Gasteiger partial charge in [-0.2, -0.15) is 5.10 Å². The molecule has 2 unspecified atom stereocenters. The number of aliphatic hydroxyl groups is 1. The number of carbonyl (C=O) groups is 1. The minimum absolute atomic E-state index is 0.0126. The first-order valence-electron chi connectivity index (χ1n) is 8.82. The van der Waals surface area contributed by atoms with Crippen LogP contribution in [0.25, 0.3) is 11.3 Å². The van der Waals surface area contributed by atoms with E-state index in [2.05, 4.69) is 15.5 Å². The highest BCUT2D eigenvalue weighted by Crippen LogP contribution is 2.26. The van der Waals surface area contributed by atoms with E-state index in [1.165, 1.54) is 0 Å². The largest absolute Gasteiger partial charge is 0.497 e. The highest BCUT2D eigenvalue weighted by atomic mass is 16.5. The van der Waals surface area contributed by atoms with E-state index in [4.69, 9.17) is 4.74 Å². The maximum Gasteiger partial charge on any atom is 0.255 e. The lowest BCUT2D eigenvalue weighted by molar-refractivity contribution is 0.0900. The van der Waals surface area contributed by atoms with Gasteiger partial charge in [0.05, 0.1) is 24.6 Å². The van der Waals surface area contributed by atoms with Crippen molar-refractivity contribution in [3.05, 3.63) is 36.0 Å². The van der Waals surface area contributed by atoms with Crippen LogP contribution in [0.2, 0.25) is 0 Å². The molecule has 1 fully saturated rings. The molecule has 0 saturated heterocycles. The Morgan fingerprint density at radius 2 is 2.04 bits per heavy atom. The fourth-order valence-electron chi connectivity index (χ4n) is 3.48. The second-order valence-corrected chi connectivity index (χ2v) is 6.55. The third kappa shape index (κ3) is 4.02. The van der Waals surface area contributed by atoms with Crippen molar-refractivity contribution < 1.29 is 14.6 Å². The van der Waals surface area contributed by atoms with Crippen LogP contribution in [-0.2, 0) is 0 Å². The Morgan fingerprint density at radius 3 is 2.76 bits per heavy atom. The fourth-order valence-corrected chi connectivity index (χ4v) is 3.48. The summed E-state index contributed by atoms with van der Waals surface area (Å²) in [5, 5.41) is 19.7. The van der Waals surface area contributed by atoms with Crippen LogP contribution in [0.5, 0.6) is 5.75 Å². The molecule has 25 heavy (non-hydrogen) atoms. The van der Waals surface area contributed by atoms with Crippen molar-refractivity contribution >= 4 is 5.91 Å². The molecule has 1 aromatic heterocycles. The van der Waals surface area contributed by atoms with Crippen LogP contribution in [0.15, 0.2) is 30.5 Å². The van der Waals surface area contributed by atoms with Crippen LogP contribution in [0, 0.1) is 5.92 Å². The van der Waals surface area contributed by atoms with Gasteiger partial charge in [0.2, 0.25) is 0 Å². The number of nitrogens with zero attached hydrogens (tertiary/aromatic N) is 1. The average Bonchev–Trinajstić information content (AvgIpc) is 3.03. The van der Waals surface area contributed by atoms with Gasteiger partial charge in [-0.15, -0.1) is 0 Å². The van der Waals surface area contributed by atoms with Crippen molar-refractivity contribution in [3.63, 3.8) is 0 Å². The number of aromatic amines is 1. The van der Waals surface area contributed by atoms with Gasteiger partial charge in [-0.05, 0) is 37.1 Å². The first kappa shape index (κ1) is 17.5. The molecule has 0 bridgehead atoms. The first-order valence-corrected chi connectivity index (χ1v) is 8.82. The van der Waals surface area contributed by atoms with Crippen LogP contribution in [0.1, 0.15) is 42.5 Å². The van der Waals surface area contributed by atoms with E-state index in [0.29, 0.717) is 11.3 Å². The number of carbonyl (C=O) groups excluding carboxylic acids is 1. The number of H-pyrrole nitrogens is 1. The number of aromatic nitrogens is 2. The van der Waals surface area contributed by atoms with Gasteiger partial charge in [0.1, 0.15) is 5.75 Å². The number of aliphatic hydroxyl groups excluding tert-OH is 1. The normalized spacial score (nSPS) is 20.7. The summed E-state index contributed by atoms with van der Waals surface area (Å²) in [7, 11) is 1.62. The predicted octanol–water partition coefficient (Wildman–Crippen LogP) is 2.76. The summed E-state index contributed by atoms with van der Waals surface area (Å²) in [6.07, 6.45) is 6.77. The van der Waals surface area contributed by atoms with Gasteiger partial charge in [-0.25, -0.2) is 0 Å². The molecule has 0 spiro atoms. The molecular weight excluding hydrogens is 318 g/mol. The van der Waals surface area contributed by atoms with Gasteiger partial charge >= 0.3 is 0 Å². The molecule has 6 nitrogen and oxygen atoms in total. The average molecular weight is 343 g/mol. The second kappa shape index (κ2) is 8.16. The zero-order chi connectivity index (χ0) is 17.6. The Hall–Kier alpha value is -2.34. The van der Waals surface area contributed by atoms with Crippen LogP contribution in [0.4, 0.5) is 0 Å². The standard InChI is InChI=1S/C19H25N3O3/c1-25-15-9-7-13(8-10-15)18-16(11-20-22-18)19(24)21-17-6-4-2-3-5-14(17)12-23/h7-11,14,17,23H,2-6,12H2,1H3,(H,20,22)(H,21,24). The minimum atomic E-state index is -0.148. The number of methoxy groups -OCH3 is 1. The molecule has 2 aromatic rings. The summed E-state index contributed by atoms with van der Waals surface area (Å²) in [6.45, 7) is 0.113. The molecule has 1 aromatic carbocycles. The van der Waals surface area contributed by atoms with Crippen molar-refractivity contribution in [2.24, 2.45) is 5.92 Å². The van der Waals surface area contributed by atoms with Gasteiger partial charge in [0, 0.05) is 24.1 Å². The molecule has 6 heteroatoms. The van der Waals surface area contributed by atoms with Crippen LogP contribution in [0.3, 0.4) is 0 Å². The van der Waals surface area contributed by atoms with E-state index in [1.54, 1.807) is 13.3 Å². The lowest BCUT2D eigenvalue weighted by Crippen LogP contribution is -2.41. The molecule has 1 aliphatic rings. The minimum Gasteiger partial charge on any atom is -0.497 e. The molecule has 0 radical (unpaired) electrons. The number of hydrogen-bond acceptors (Lipinski definition) is 4. The molecule has 1 heterocycles. The van der Waals surface area contributed by atoms with Crippen molar-refractivity contribution in [1.29, 1.82) is 0 Å². The molecule has 3 rings (SSSR count). The monoisotopic (exact) mass is 343 g/mol. The number of hydrogen-bond donors (Lipinski definition) is 3. The van der Waals surface area contributed by atoms with Gasteiger partial charge in [0.25, 0.3) is 5.91 Å². The molecule has 2 atom stereocenters. The van der Waals surface area contributed by atoms with Crippen molar-refractivity contribution in [1.82, 2.24) is 15.5 Å². The zero-order valence-corrected chi connectivity index (χ0v) is 14.5. The molecule has 3 N–H and O–H groups in total. The SMILES string of the molecule is COc1ccc(-c2[nH]ncc2C(=O)NC2CCCCCC2CO)cc1. The quantitative estimate of drug-likeness (QED) is 0.729. The topological polar surface area (TPSA) is 87.2 Å². The van der Waals surface area contributed by atoms with Crippen molar-refractivity contribution in [3.8, 4) is 17.0 Å². The van der Waals surface area contributed by atoms with E-state index in [0.717, 1.165) is 43.4 Å². The number of nitrogens with one attached hydrogen (secondary N) is 2. The molecule has 134 valence electrons. The van der Waals surface area contributed by atoms with E-state index in [-0.39, 0.29) is 24.5 Å². The highest BCUT2D eigenvalue weighted by molar-refractivity contribution is 5.99. The lowest BCUT2D eigenvalue weighted by atomic mass is 9.95. The van der Waals surface area contributed by atoms with Crippen molar-refractivity contribution in [2.45, 2.75) is 38.1 Å². The highest BCUT2D eigenvalue weighted by Gasteiger charge is 2.26. The summed E-state index contributed by atoms with van der Waals surface area (Å²) in [5.74, 6) is 0.742. The molecule has 1 saturated carbocycles. The summed E-state index contributed by atoms with van der Waals surface area (Å²) in [6, 6.07) is 7.51. The maximum absolute atomic E-state index is 12.8. The van der Waals surface area contributed by atoms with E-state index in [9.17, 15) is 9.90 Å². The second-order valence-electron chi connectivity index (χ2n) is 6.55. The Morgan fingerprint density at radius 1 is 1.28 bits per heavy atom. The van der Waals surface area contributed by atoms with Gasteiger partial charge in [-0.1, -0.05) is 19.3 Å². The Kier molecular flexibility index (Phi) is 5.71. The van der Waals surface area contributed by atoms with Crippen LogP contribution >= 0.6 is 0 Å². The fraction of sp³-hybridized carbons (Fsp3) is 0.474. The van der Waals surface area contributed by atoms with Gasteiger partial charge in [-0.3, -0.25) is 9.89 Å². The van der Waals surface area contributed by atoms with Crippen LogP contribution < -0.4 is 10.1 Å². The zero-order valence-electron chi connectivity index (χ0n) is 14.5. The summed E-state index contributed by atoms with van der Waals surface area (Å²) in [5.41, 5.74) is 2.09. The third-order valence-corrected chi connectivity index (χ3v) is 4.97. The predicted molar refractivity (Wildman–Crippen MR) is 95.5 cm³/mol. The number of ether oxygens (including phenoxy) is 1. The van der Waals surface area contributed by atoms with Crippen molar-refractivity contribution in [2.75, 3.05) is 13.7 Å². The smallest absolute Gasteiger partial charge is 0.255 e. The Balaban J connectivity index is 1.77.